The standard InChI is InChI=1S/C14H13ClN2O3/c1-19-11-4-2-3-9(8-5-6-8)13(11)20-14-10(18)7-12(15)16-17-14/h2-4,7-8H,5-6H2,1H3,(H,16,18). The maximum absolute atomic E-state index is 9.81. The van der Waals surface area contributed by atoms with Gasteiger partial charge in [0.1, 0.15) is 0 Å². The number of aromatic hydroxyl groups is 1. The quantitative estimate of drug-likeness (QED) is 0.934. The average molecular weight is 293 g/mol. The Morgan fingerprint density at radius 3 is 2.75 bits per heavy atom. The Bertz CT molecular complexity index is 644. The zero-order valence-electron chi connectivity index (χ0n) is 10.8. The minimum Gasteiger partial charge on any atom is -0.503 e. The van der Waals surface area contributed by atoms with Crippen molar-refractivity contribution in [1.29, 1.82) is 0 Å². The van der Waals surface area contributed by atoms with Gasteiger partial charge in [-0.15, -0.1) is 10.2 Å². The normalized spacial score (nSPS) is 14.1. The Hall–Kier alpha value is -2.01. The van der Waals surface area contributed by atoms with E-state index in [9.17, 15) is 5.11 Å². The Morgan fingerprint density at radius 2 is 2.10 bits per heavy atom. The second-order valence-corrected chi connectivity index (χ2v) is 5.00. The van der Waals surface area contributed by atoms with Gasteiger partial charge >= 0.3 is 0 Å². The van der Waals surface area contributed by atoms with E-state index >= 15 is 0 Å². The molecule has 0 atom stereocenters. The van der Waals surface area contributed by atoms with Crippen LogP contribution in [-0.2, 0) is 0 Å². The number of hydrogen-bond acceptors (Lipinski definition) is 5. The number of rotatable bonds is 4. The van der Waals surface area contributed by atoms with Gasteiger partial charge in [-0.3, -0.25) is 0 Å². The number of nitrogens with zero attached hydrogens (tertiary/aromatic N) is 2. The largest absolute Gasteiger partial charge is 0.503 e. The van der Waals surface area contributed by atoms with E-state index in [1.54, 1.807) is 7.11 Å². The van der Waals surface area contributed by atoms with Gasteiger partial charge in [-0.25, -0.2) is 0 Å². The van der Waals surface area contributed by atoms with Gasteiger partial charge in [0, 0.05) is 11.6 Å². The van der Waals surface area contributed by atoms with Crippen molar-refractivity contribution in [3.8, 4) is 23.1 Å². The molecule has 0 amide bonds. The first kappa shape index (κ1) is 13.0. The lowest BCUT2D eigenvalue weighted by Crippen LogP contribution is -1.97. The Labute approximate surface area is 121 Å². The van der Waals surface area contributed by atoms with Crippen LogP contribution >= 0.6 is 11.6 Å². The molecule has 1 aromatic heterocycles. The van der Waals surface area contributed by atoms with Crippen LogP contribution in [0.5, 0.6) is 23.1 Å². The topological polar surface area (TPSA) is 64.5 Å². The highest BCUT2D eigenvalue weighted by atomic mass is 35.5. The van der Waals surface area contributed by atoms with Crippen LogP contribution in [0, 0.1) is 0 Å². The fraction of sp³-hybridized carbons (Fsp3) is 0.286. The molecule has 1 heterocycles. The van der Waals surface area contributed by atoms with E-state index in [1.165, 1.54) is 6.07 Å². The summed E-state index contributed by atoms with van der Waals surface area (Å²) in [6.45, 7) is 0. The minimum absolute atomic E-state index is 0.0146. The van der Waals surface area contributed by atoms with E-state index in [0.717, 1.165) is 18.4 Å². The molecule has 0 aliphatic heterocycles. The van der Waals surface area contributed by atoms with E-state index in [1.807, 2.05) is 18.2 Å². The van der Waals surface area contributed by atoms with Crippen molar-refractivity contribution in [1.82, 2.24) is 10.2 Å². The molecular weight excluding hydrogens is 280 g/mol. The number of ether oxygens (including phenoxy) is 2. The number of aromatic nitrogens is 2. The number of methoxy groups -OCH3 is 1. The monoisotopic (exact) mass is 292 g/mol. The fourth-order valence-corrected chi connectivity index (χ4v) is 2.18. The molecule has 20 heavy (non-hydrogen) atoms. The van der Waals surface area contributed by atoms with E-state index in [2.05, 4.69) is 10.2 Å². The highest BCUT2D eigenvalue weighted by molar-refractivity contribution is 6.29. The van der Waals surface area contributed by atoms with Crippen molar-refractivity contribution < 1.29 is 14.6 Å². The summed E-state index contributed by atoms with van der Waals surface area (Å²) in [5.74, 6) is 1.51. The summed E-state index contributed by atoms with van der Waals surface area (Å²) in [5, 5.41) is 17.3. The zero-order chi connectivity index (χ0) is 14.1. The fourth-order valence-electron chi connectivity index (χ4n) is 2.04. The van der Waals surface area contributed by atoms with Crippen molar-refractivity contribution in [2.45, 2.75) is 18.8 Å². The summed E-state index contributed by atoms with van der Waals surface area (Å²) in [4.78, 5) is 0. The van der Waals surface area contributed by atoms with Crippen LogP contribution in [0.3, 0.4) is 0 Å². The van der Waals surface area contributed by atoms with Gasteiger partial charge in [0.15, 0.2) is 22.4 Å². The molecule has 0 radical (unpaired) electrons. The first-order chi connectivity index (χ1) is 9.69. The Kier molecular flexibility index (Phi) is 3.36. The van der Waals surface area contributed by atoms with Crippen LogP contribution in [-0.4, -0.2) is 22.4 Å². The summed E-state index contributed by atoms with van der Waals surface area (Å²) in [7, 11) is 1.58. The van der Waals surface area contributed by atoms with Crippen molar-refractivity contribution in [3.63, 3.8) is 0 Å². The van der Waals surface area contributed by atoms with Gasteiger partial charge in [-0.2, -0.15) is 0 Å². The van der Waals surface area contributed by atoms with Crippen molar-refractivity contribution in [2.24, 2.45) is 0 Å². The molecule has 1 fully saturated rings. The SMILES string of the molecule is COc1cccc(C2CC2)c1Oc1nnc(Cl)cc1O. The summed E-state index contributed by atoms with van der Waals surface area (Å²) in [5.41, 5.74) is 1.06. The maximum atomic E-state index is 9.81. The number of benzene rings is 1. The van der Waals surface area contributed by atoms with Crippen LogP contribution in [0.2, 0.25) is 5.15 Å². The minimum atomic E-state index is -0.155. The summed E-state index contributed by atoms with van der Waals surface area (Å²) in [6.07, 6.45) is 2.25. The van der Waals surface area contributed by atoms with E-state index in [0.29, 0.717) is 17.4 Å². The van der Waals surface area contributed by atoms with Gasteiger partial charge in [-0.05, 0) is 24.8 Å². The highest BCUT2D eigenvalue weighted by Crippen LogP contribution is 2.48. The van der Waals surface area contributed by atoms with Crippen molar-refractivity contribution >= 4 is 11.6 Å². The predicted molar refractivity (Wildman–Crippen MR) is 73.7 cm³/mol. The third kappa shape index (κ3) is 2.49. The molecule has 1 aliphatic rings. The lowest BCUT2D eigenvalue weighted by Gasteiger charge is -2.14. The molecule has 1 aliphatic carbocycles. The molecule has 0 spiro atoms. The van der Waals surface area contributed by atoms with Gasteiger partial charge in [0.05, 0.1) is 7.11 Å². The van der Waals surface area contributed by atoms with Gasteiger partial charge < -0.3 is 14.6 Å². The predicted octanol–water partition coefficient (Wildman–Crippen LogP) is 3.51. The molecule has 6 heteroatoms. The molecule has 1 N–H and O–H groups in total. The summed E-state index contributed by atoms with van der Waals surface area (Å²) in [6, 6.07) is 7.01. The maximum Gasteiger partial charge on any atom is 0.281 e. The molecule has 3 rings (SSSR count). The number of halogens is 1. The van der Waals surface area contributed by atoms with Crippen LogP contribution in [0.4, 0.5) is 0 Å². The lowest BCUT2D eigenvalue weighted by molar-refractivity contribution is 0.353. The zero-order valence-corrected chi connectivity index (χ0v) is 11.6. The third-order valence-electron chi connectivity index (χ3n) is 3.16. The average Bonchev–Trinajstić information content (AvgIpc) is 3.26. The summed E-state index contributed by atoms with van der Waals surface area (Å²) < 4.78 is 11.0. The first-order valence-corrected chi connectivity index (χ1v) is 6.63. The Morgan fingerprint density at radius 1 is 1.30 bits per heavy atom. The highest BCUT2D eigenvalue weighted by Gasteiger charge is 2.29. The smallest absolute Gasteiger partial charge is 0.281 e. The number of hydrogen-bond donors (Lipinski definition) is 1. The molecule has 2 aromatic rings. The van der Waals surface area contributed by atoms with Crippen molar-refractivity contribution in [3.05, 3.63) is 35.0 Å². The number of para-hydroxylation sites is 1. The van der Waals surface area contributed by atoms with E-state index < -0.39 is 0 Å². The first-order valence-electron chi connectivity index (χ1n) is 6.26. The molecule has 0 saturated heterocycles. The molecule has 5 nitrogen and oxygen atoms in total. The molecule has 0 unspecified atom stereocenters. The Balaban J connectivity index is 2.00. The second kappa shape index (κ2) is 5.17. The molecule has 1 saturated carbocycles. The van der Waals surface area contributed by atoms with Crippen molar-refractivity contribution in [2.75, 3.05) is 7.11 Å². The van der Waals surface area contributed by atoms with Crippen LogP contribution in [0.25, 0.3) is 0 Å². The van der Waals surface area contributed by atoms with Gasteiger partial charge in [-0.1, -0.05) is 23.7 Å². The van der Waals surface area contributed by atoms with Crippen LogP contribution < -0.4 is 9.47 Å². The van der Waals surface area contributed by atoms with Gasteiger partial charge in [0.25, 0.3) is 5.88 Å². The third-order valence-corrected chi connectivity index (χ3v) is 3.34. The van der Waals surface area contributed by atoms with E-state index in [4.69, 9.17) is 21.1 Å². The van der Waals surface area contributed by atoms with Crippen LogP contribution in [0.1, 0.15) is 24.3 Å². The van der Waals surface area contributed by atoms with Crippen LogP contribution in [0.15, 0.2) is 24.3 Å². The molecule has 104 valence electrons. The second-order valence-electron chi connectivity index (χ2n) is 4.61. The lowest BCUT2D eigenvalue weighted by atomic mass is 10.1. The molecule has 0 bridgehead atoms. The molecule has 1 aromatic carbocycles. The van der Waals surface area contributed by atoms with Gasteiger partial charge in [0.2, 0.25) is 0 Å². The summed E-state index contributed by atoms with van der Waals surface area (Å²) >= 11 is 5.66. The molecular formula is C14H13ClN2O3. The van der Waals surface area contributed by atoms with E-state index in [-0.39, 0.29) is 16.8 Å².